The van der Waals surface area contributed by atoms with Gasteiger partial charge in [0, 0.05) is 25.3 Å². The number of sulfonamides is 1. The van der Waals surface area contributed by atoms with E-state index in [9.17, 15) is 8.42 Å². The van der Waals surface area contributed by atoms with E-state index in [0.29, 0.717) is 0 Å². The molecule has 2 atom stereocenters. The first-order valence-corrected chi connectivity index (χ1v) is 7.21. The van der Waals surface area contributed by atoms with E-state index in [0.717, 1.165) is 19.4 Å². The van der Waals surface area contributed by atoms with Gasteiger partial charge in [0.2, 0.25) is 0 Å². The highest BCUT2D eigenvalue weighted by Gasteiger charge is 2.27. The Kier molecular flexibility index (Phi) is 3.50. The number of hydrogen-bond donors (Lipinski definition) is 2. The maximum absolute atomic E-state index is 12.0. The molecule has 2 rings (SSSR count). The van der Waals surface area contributed by atoms with Gasteiger partial charge in [0.05, 0.1) is 6.33 Å². The van der Waals surface area contributed by atoms with Crippen molar-refractivity contribution >= 4 is 10.0 Å². The molecule has 1 aliphatic heterocycles. The largest absolute Gasteiger partial charge is 0.339 e. The zero-order chi connectivity index (χ0) is 12.5. The summed E-state index contributed by atoms with van der Waals surface area (Å²) >= 11 is 0. The summed E-state index contributed by atoms with van der Waals surface area (Å²) in [5.74, 6) is 0. The Balaban J connectivity index is 2.11. The molecule has 0 bridgehead atoms. The fourth-order valence-corrected chi connectivity index (χ4v) is 3.32. The number of nitrogens with zero attached hydrogens (tertiary/aromatic N) is 2. The summed E-state index contributed by atoms with van der Waals surface area (Å²) in [7, 11) is -1.75. The quantitative estimate of drug-likeness (QED) is 0.790. The second-order valence-corrected chi connectivity index (χ2v) is 6.15. The lowest BCUT2D eigenvalue weighted by atomic mass is 10.0. The molecule has 1 aromatic rings. The molecule has 1 aromatic heterocycles. The van der Waals surface area contributed by atoms with Gasteiger partial charge in [0.15, 0.2) is 5.03 Å². The maximum Gasteiger partial charge on any atom is 0.259 e. The van der Waals surface area contributed by atoms with Crippen molar-refractivity contribution in [3.8, 4) is 0 Å². The number of aryl methyl sites for hydroxylation is 1. The van der Waals surface area contributed by atoms with Gasteiger partial charge in [-0.05, 0) is 26.3 Å². The first kappa shape index (κ1) is 12.5. The summed E-state index contributed by atoms with van der Waals surface area (Å²) in [5.41, 5.74) is 0. The molecule has 2 heterocycles. The number of nitrogens with one attached hydrogen (secondary N) is 2. The molecule has 17 heavy (non-hydrogen) atoms. The van der Waals surface area contributed by atoms with Gasteiger partial charge in [-0.15, -0.1) is 0 Å². The summed E-state index contributed by atoms with van der Waals surface area (Å²) < 4.78 is 28.4. The SMILES string of the molecule is CC1NCCCC1NS(=O)(=O)c1cn(C)cn1. The number of aromatic nitrogens is 2. The van der Waals surface area contributed by atoms with Gasteiger partial charge in [-0.25, -0.2) is 18.1 Å². The normalized spacial score (nSPS) is 26.0. The van der Waals surface area contributed by atoms with Gasteiger partial charge < -0.3 is 9.88 Å². The Morgan fingerprint density at radius 1 is 1.59 bits per heavy atom. The number of hydrogen-bond acceptors (Lipinski definition) is 4. The standard InChI is InChI=1S/C10H18N4O2S/c1-8-9(4-3-5-11-8)13-17(15,16)10-6-14(2)7-12-10/h6-9,11,13H,3-5H2,1-2H3. The number of rotatable bonds is 3. The van der Waals surface area contributed by atoms with Crippen molar-refractivity contribution in [3.63, 3.8) is 0 Å². The molecule has 0 aliphatic carbocycles. The summed E-state index contributed by atoms with van der Waals surface area (Å²) in [5, 5.41) is 3.34. The van der Waals surface area contributed by atoms with Gasteiger partial charge in [0.1, 0.15) is 0 Å². The molecule has 2 N–H and O–H groups in total. The van der Waals surface area contributed by atoms with Crippen LogP contribution in [0.25, 0.3) is 0 Å². The third-order valence-electron chi connectivity index (χ3n) is 3.02. The fraction of sp³-hybridized carbons (Fsp3) is 0.700. The minimum atomic E-state index is -3.49. The summed E-state index contributed by atoms with van der Waals surface area (Å²) in [6.45, 7) is 2.94. The average molecular weight is 258 g/mol. The van der Waals surface area contributed by atoms with E-state index in [-0.39, 0.29) is 17.1 Å². The molecule has 0 spiro atoms. The summed E-state index contributed by atoms with van der Waals surface area (Å²) in [6.07, 6.45) is 4.83. The first-order chi connectivity index (χ1) is 7.99. The summed E-state index contributed by atoms with van der Waals surface area (Å²) in [6, 6.07) is 0.0954. The van der Waals surface area contributed by atoms with Crippen molar-refractivity contribution in [2.24, 2.45) is 7.05 Å². The van der Waals surface area contributed by atoms with Gasteiger partial charge in [-0.2, -0.15) is 0 Å². The monoisotopic (exact) mass is 258 g/mol. The van der Waals surface area contributed by atoms with Crippen molar-refractivity contribution in [2.45, 2.75) is 36.9 Å². The van der Waals surface area contributed by atoms with Crippen LogP contribution in [-0.4, -0.2) is 36.6 Å². The number of piperidine rings is 1. The van der Waals surface area contributed by atoms with Crippen molar-refractivity contribution in [1.29, 1.82) is 0 Å². The topological polar surface area (TPSA) is 76.0 Å². The molecular formula is C10H18N4O2S. The minimum absolute atomic E-state index is 0.0595. The van der Waals surface area contributed by atoms with Crippen LogP contribution in [0, 0.1) is 0 Å². The maximum atomic E-state index is 12.0. The number of imidazole rings is 1. The molecule has 2 unspecified atom stereocenters. The van der Waals surface area contributed by atoms with Crippen LogP contribution in [0.2, 0.25) is 0 Å². The van der Waals surface area contributed by atoms with Crippen molar-refractivity contribution in [1.82, 2.24) is 19.6 Å². The predicted molar refractivity (Wildman–Crippen MR) is 64.0 cm³/mol. The highest BCUT2D eigenvalue weighted by Crippen LogP contribution is 2.12. The fourth-order valence-electron chi connectivity index (χ4n) is 1.99. The highest BCUT2D eigenvalue weighted by atomic mass is 32.2. The second-order valence-electron chi connectivity index (χ2n) is 4.49. The zero-order valence-electron chi connectivity index (χ0n) is 10.0. The van der Waals surface area contributed by atoms with Crippen LogP contribution in [0.4, 0.5) is 0 Å². The van der Waals surface area contributed by atoms with Crippen LogP contribution in [-0.2, 0) is 17.1 Å². The van der Waals surface area contributed by atoms with Gasteiger partial charge in [-0.3, -0.25) is 0 Å². The van der Waals surface area contributed by atoms with Crippen LogP contribution >= 0.6 is 0 Å². The Hall–Kier alpha value is -0.920. The third kappa shape index (κ3) is 2.85. The molecule has 96 valence electrons. The Morgan fingerprint density at radius 2 is 2.35 bits per heavy atom. The van der Waals surface area contributed by atoms with Crippen molar-refractivity contribution in [2.75, 3.05) is 6.54 Å². The van der Waals surface area contributed by atoms with Crippen LogP contribution < -0.4 is 10.0 Å². The lowest BCUT2D eigenvalue weighted by Gasteiger charge is -2.30. The van der Waals surface area contributed by atoms with Crippen molar-refractivity contribution in [3.05, 3.63) is 12.5 Å². The van der Waals surface area contributed by atoms with Crippen LogP contribution in [0.5, 0.6) is 0 Å². The van der Waals surface area contributed by atoms with Gasteiger partial charge in [-0.1, -0.05) is 0 Å². The molecule has 7 heteroatoms. The van der Waals surface area contributed by atoms with Gasteiger partial charge in [0.25, 0.3) is 10.0 Å². The highest BCUT2D eigenvalue weighted by molar-refractivity contribution is 7.89. The molecule has 0 amide bonds. The van der Waals surface area contributed by atoms with Crippen molar-refractivity contribution < 1.29 is 8.42 Å². The van der Waals surface area contributed by atoms with E-state index in [1.165, 1.54) is 12.5 Å². The molecule has 0 saturated carbocycles. The van der Waals surface area contributed by atoms with Crippen LogP contribution in [0.1, 0.15) is 19.8 Å². The summed E-state index contributed by atoms with van der Waals surface area (Å²) in [4.78, 5) is 3.87. The molecule has 1 aliphatic rings. The van der Waals surface area contributed by atoms with E-state index in [1.807, 2.05) is 6.92 Å². The second kappa shape index (κ2) is 4.75. The molecule has 0 aromatic carbocycles. The zero-order valence-corrected chi connectivity index (χ0v) is 10.9. The lowest BCUT2D eigenvalue weighted by Crippen LogP contribution is -2.51. The average Bonchev–Trinajstić information content (AvgIpc) is 2.69. The van der Waals surface area contributed by atoms with Gasteiger partial charge >= 0.3 is 0 Å². The Labute approximate surface area is 101 Å². The molecular weight excluding hydrogens is 240 g/mol. The van der Waals surface area contributed by atoms with E-state index >= 15 is 0 Å². The smallest absolute Gasteiger partial charge is 0.259 e. The van der Waals surface area contributed by atoms with Crippen LogP contribution in [0.3, 0.4) is 0 Å². The predicted octanol–water partition coefficient (Wildman–Crippen LogP) is -0.161. The molecule has 0 radical (unpaired) electrons. The van der Waals surface area contributed by atoms with E-state index in [1.54, 1.807) is 11.6 Å². The molecule has 1 saturated heterocycles. The first-order valence-electron chi connectivity index (χ1n) is 5.73. The Morgan fingerprint density at radius 3 is 2.94 bits per heavy atom. The molecule has 1 fully saturated rings. The molecule has 6 nitrogen and oxygen atoms in total. The minimum Gasteiger partial charge on any atom is -0.339 e. The van der Waals surface area contributed by atoms with E-state index < -0.39 is 10.0 Å². The van der Waals surface area contributed by atoms with E-state index in [2.05, 4.69) is 15.0 Å². The third-order valence-corrected chi connectivity index (χ3v) is 4.40. The van der Waals surface area contributed by atoms with Crippen LogP contribution in [0.15, 0.2) is 17.6 Å². The Bertz CT molecular complexity index is 482. The van der Waals surface area contributed by atoms with E-state index in [4.69, 9.17) is 0 Å². The lowest BCUT2D eigenvalue weighted by molar-refractivity contribution is 0.348.